The van der Waals surface area contributed by atoms with E-state index in [-0.39, 0.29) is 5.75 Å². The number of aromatic nitrogens is 2. The Bertz CT molecular complexity index is 634. The third-order valence-electron chi connectivity index (χ3n) is 3.08. The summed E-state index contributed by atoms with van der Waals surface area (Å²) in [6.07, 6.45) is 5.09. The molecule has 1 heterocycles. The number of rotatable bonds is 7. The van der Waals surface area contributed by atoms with Crippen LogP contribution in [0.3, 0.4) is 0 Å². The molecule has 0 aliphatic heterocycles. The predicted octanol–water partition coefficient (Wildman–Crippen LogP) is 2.48. The molecule has 2 aromatic rings. The lowest BCUT2D eigenvalue weighted by molar-refractivity contribution is 0.478. The van der Waals surface area contributed by atoms with Crippen molar-refractivity contribution in [3.63, 3.8) is 0 Å². The molecular weight excluding hydrogens is 264 g/mol. The second-order valence-electron chi connectivity index (χ2n) is 4.63. The number of hydrogen-bond acceptors (Lipinski definition) is 3. The summed E-state index contributed by atoms with van der Waals surface area (Å²) in [7, 11) is -3.80. The zero-order chi connectivity index (χ0) is 13.7. The van der Waals surface area contributed by atoms with Gasteiger partial charge in [0, 0.05) is 6.54 Å². The van der Waals surface area contributed by atoms with Crippen LogP contribution in [0.5, 0.6) is 0 Å². The Kier molecular flexibility index (Phi) is 4.55. The van der Waals surface area contributed by atoms with Crippen molar-refractivity contribution in [2.75, 3.05) is 5.75 Å². The number of para-hydroxylation sites is 2. The first kappa shape index (κ1) is 14.0. The van der Waals surface area contributed by atoms with Gasteiger partial charge in [-0.15, -0.1) is 0 Å². The van der Waals surface area contributed by atoms with Gasteiger partial charge in [0.1, 0.15) is 0 Å². The molecule has 2 rings (SSSR count). The van der Waals surface area contributed by atoms with E-state index in [2.05, 4.69) is 9.55 Å². The minimum atomic E-state index is -3.80. The number of imidazole rings is 1. The molecule has 0 amide bonds. The van der Waals surface area contributed by atoms with Gasteiger partial charge in [-0.2, -0.15) is 8.42 Å². The van der Waals surface area contributed by atoms with E-state index in [1.807, 2.05) is 30.6 Å². The van der Waals surface area contributed by atoms with Gasteiger partial charge in [0.2, 0.25) is 0 Å². The first-order chi connectivity index (χ1) is 9.06. The van der Waals surface area contributed by atoms with Gasteiger partial charge >= 0.3 is 0 Å². The lowest BCUT2D eigenvalue weighted by Crippen LogP contribution is -2.03. The average molecular weight is 282 g/mol. The molecule has 0 atom stereocenters. The molecule has 0 aliphatic rings. The number of unbranched alkanes of at least 4 members (excludes halogenated alkanes) is 3. The summed E-state index contributed by atoms with van der Waals surface area (Å²) in [5.41, 5.74) is 2.12. The Labute approximate surface area is 113 Å². The largest absolute Gasteiger partial charge is 0.331 e. The summed E-state index contributed by atoms with van der Waals surface area (Å²) in [4.78, 5) is 4.32. The predicted molar refractivity (Wildman–Crippen MR) is 74.6 cm³/mol. The van der Waals surface area contributed by atoms with Gasteiger partial charge in [-0.25, -0.2) is 4.98 Å². The molecule has 1 aromatic carbocycles. The van der Waals surface area contributed by atoms with E-state index in [1.54, 1.807) is 0 Å². The smallest absolute Gasteiger partial charge is 0.264 e. The van der Waals surface area contributed by atoms with Gasteiger partial charge < -0.3 is 4.57 Å². The van der Waals surface area contributed by atoms with E-state index in [9.17, 15) is 8.42 Å². The van der Waals surface area contributed by atoms with Crippen LogP contribution in [0.25, 0.3) is 11.0 Å². The highest BCUT2D eigenvalue weighted by Gasteiger charge is 2.04. The molecule has 19 heavy (non-hydrogen) atoms. The third-order valence-corrected chi connectivity index (χ3v) is 3.88. The lowest BCUT2D eigenvalue weighted by Gasteiger charge is -2.04. The first-order valence-electron chi connectivity index (χ1n) is 6.41. The minimum absolute atomic E-state index is 0.138. The molecule has 6 heteroatoms. The summed E-state index contributed by atoms with van der Waals surface area (Å²) in [5, 5.41) is 0. The number of fused-ring (bicyclic) bond motifs is 1. The highest BCUT2D eigenvalue weighted by molar-refractivity contribution is 7.85. The molecule has 1 aromatic heterocycles. The van der Waals surface area contributed by atoms with Crippen LogP contribution >= 0.6 is 0 Å². The fourth-order valence-electron chi connectivity index (χ4n) is 2.11. The standard InChI is InChI=1S/C13H18N2O3S/c16-19(17,18)10-6-2-1-5-9-15-11-14-12-7-3-4-8-13(12)15/h3-4,7-8,11H,1-2,5-6,9-10H2,(H,16,17,18). The highest BCUT2D eigenvalue weighted by Crippen LogP contribution is 2.13. The molecule has 104 valence electrons. The summed E-state index contributed by atoms with van der Waals surface area (Å²) in [6.45, 7) is 0.881. The lowest BCUT2D eigenvalue weighted by atomic mass is 10.2. The topological polar surface area (TPSA) is 72.2 Å². The first-order valence-corrected chi connectivity index (χ1v) is 8.02. The number of hydrogen-bond donors (Lipinski definition) is 1. The van der Waals surface area contributed by atoms with E-state index in [0.29, 0.717) is 6.42 Å². The van der Waals surface area contributed by atoms with E-state index >= 15 is 0 Å². The van der Waals surface area contributed by atoms with Crippen LogP contribution in [-0.4, -0.2) is 28.3 Å². The van der Waals surface area contributed by atoms with Gasteiger partial charge in [-0.1, -0.05) is 25.0 Å². The average Bonchev–Trinajstić information content (AvgIpc) is 2.76. The van der Waals surface area contributed by atoms with Gasteiger partial charge in [-0.05, 0) is 25.0 Å². The molecule has 5 nitrogen and oxygen atoms in total. The van der Waals surface area contributed by atoms with Crippen LogP contribution in [0.2, 0.25) is 0 Å². The Hall–Kier alpha value is -1.40. The van der Waals surface area contributed by atoms with Crippen molar-refractivity contribution in [2.24, 2.45) is 0 Å². The van der Waals surface area contributed by atoms with Crippen molar-refractivity contribution in [3.05, 3.63) is 30.6 Å². The van der Waals surface area contributed by atoms with E-state index in [1.165, 1.54) is 0 Å². The van der Waals surface area contributed by atoms with Crippen molar-refractivity contribution in [1.82, 2.24) is 9.55 Å². The quantitative estimate of drug-likeness (QED) is 0.625. The second-order valence-corrected chi connectivity index (χ2v) is 6.20. The second kappa shape index (κ2) is 6.16. The maximum atomic E-state index is 10.5. The van der Waals surface area contributed by atoms with Crippen LogP contribution in [-0.2, 0) is 16.7 Å². The molecule has 0 unspecified atom stereocenters. The van der Waals surface area contributed by atoms with Crippen LogP contribution < -0.4 is 0 Å². The zero-order valence-electron chi connectivity index (χ0n) is 10.7. The van der Waals surface area contributed by atoms with Crippen LogP contribution in [0, 0.1) is 0 Å². The van der Waals surface area contributed by atoms with E-state index in [0.717, 1.165) is 36.8 Å². The summed E-state index contributed by atoms with van der Waals surface area (Å²) < 4.78 is 31.8. The molecule has 0 saturated heterocycles. The fraction of sp³-hybridized carbons (Fsp3) is 0.462. The normalized spacial score (nSPS) is 12.1. The summed E-state index contributed by atoms with van der Waals surface area (Å²) in [6, 6.07) is 7.99. The molecular formula is C13H18N2O3S. The minimum Gasteiger partial charge on any atom is -0.331 e. The monoisotopic (exact) mass is 282 g/mol. The Balaban J connectivity index is 1.74. The molecule has 0 fully saturated rings. The number of aryl methyl sites for hydroxylation is 1. The van der Waals surface area contributed by atoms with Crippen molar-refractivity contribution in [1.29, 1.82) is 0 Å². The van der Waals surface area contributed by atoms with Crippen LogP contribution in [0.4, 0.5) is 0 Å². The Morgan fingerprint density at radius 2 is 1.84 bits per heavy atom. The molecule has 0 spiro atoms. The number of benzene rings is 1. The van der Waals surface area contributed by atoms with Gasteiger partial charge in [0.05, 0.1) is 23.1 Å². The van der Waals surface area contributed by atoms with Crippen molar-refractivity contribution < 1.29 is 13.0 Å². The Morgan fingerprint density at radius 1 is 1.11 bits per heavy atom. The maximum Gasteiger partial charge on any atom is 0.264 e. The van der Waals surface area contributed by atoms with E-state index in [4.69, 9.17) is 4.55 Å². The molecule has 1 N–H and O–H groups in total. The van der Waals surface area contributed by atoms with Crippen molar-refractivity contribution in [2.45, 2.75) is 32.2 Å². The summed E-state index contributed by atoms with van der Waals surface area (Å²) >= 11 is 0. The zero-order valence-corrected chi connectivity index (χ0v) is 11.5. The van der Waals surface area contributed by atoms with Crippen molar-refractivity contribution in [3.8, 4) is 0 Å². The third kappa shape index (κ3) is 4.33. The fourth-order valence-corrected chi connectivity index (χ4v) is 2.68. The summed E-state index contributed by atoms with van der Waals surface area (Å²) in [5.74, 6) is -0.138. The molecule has 0 saturated carbocycles. The van der Waals surface area contributed by atoms with Crippen LogP contribution in [0.1, 0.15) is 25.7 Å². The Morgan fingerprint density at radius 3 is 2.63 bits per heavy atom. The van der Waals surface area contributed by atoms with E-state index < -0.39 is 10.1 Å². The molecule has 0 bridgehead atoms. The molecule has 0 radical (unpaired) electrons. The molecule has 0 aliphatic carbocycles. The van der Waals surface area contributed by atoms with Gasteiger partial charge in [0.15, 0.2) is 0 Å². The maximum absolute atomic E-state index is 10.5. The highest BCUT2D eigenvalue weighted by atomic mass is 32.2. The number of nitrogens with zero attached hydrogens (tertiary/aromatic N) is 2. The van der Waals surface area contributed by atoms with Crippen molar-refractivity contribution >= 4 is 21.2 Å². The van der Waals surface area contributed by atoms with Gasteiger partial charge in [-0.3, -0.25) is 4.55 Å². The van der Waals surface area contributed by atoms with Gasteiger partial charge in [0.25, 0.3) is 10.1 Å². The van der Waals surface area contributed by atoms with Crippen LogP contribution in [0.15, 0.2) is 30.6 Å². The SMILES string of the molecule is O=S(=O)(O)CCCCCCn1cnc2ccccc21.